The fourth-order valence-corrected chi connectivity index (χ4v) is 3.62. The Morgan fingerprint density at radius 1 is 1.18 bits per heavy atom. The van der Waals surface area contributed by atoms with Crippen LogP contribution in [-0.2, 0) is 13.0 Å². The highest BCUT2D eigenvalue weighted by atomic mass is 19.1. The molecule has 146 valence electrons. The third kappa shape index (κ3) is 3.89. The van der Waals surface area contributed by atoms with Crippen LogP contribution in [0, 0.1) is 5.82 Å². The first-order chi connectivity index (χ1) is 13.6. The van der Waals surface area contributed by atoms with Crippen molar-refractivity contribution in [3.05, 3.63) is 59.8 Å². The van der Waals surface area contributed by atoms with Crippen LogP contribution >= 0.6 is 0 Å². The fourth-order valence-electron chi connectivity index (χ4n) is 3.62. The number of nitrogens with zero attached hydrogens (tertiary/aromatic N) is 5. The van der Waals surface area contributed by atoms with Gasteiger partial charge in [0.05, 0.1) is 18.3 Å². The van der Waals surface area contributed by atoms with Gasteiger partial charge in [-0.2, -0.15) is 5.10 Å². The first kappa shape index (κ1) is 18.6. The Balaban J connectivity index is 1.58. The Labute approximate surface area is 163 Å². The summed E-state index contributed by atoms with van der Waals surface area (Å²) in [6.07, 6.45) is 5.75. The maximum atomic E-state index is 13.6. The first-order valence-corrected chi connectivity index (χ1v) is 9.69. The van der Waals surface area contributed by atoms with Crippen molar-refractivity contribution in [3.8, 4) is 11.4 Å². The molecule has 0 saturated carbocycles. The van der Waals surface area contributed by atoms with Crippen molar-refractivity contribution < 1.29 is 9.50 Å². The minimum atomic E-state index is -0.280. The molecule has 2 aromatic heterocycles. The number of hydrogen-bond donors (Lipinski definition) is 1. The molecule has 6 nitrogen and oxygen atoms in total. The summed E-state index contributed by atoms with van der Waals surface area (Å²) in [7, 11) is 0. The van der Waals surface area contributed by atoms with Crippen LogP contribution < -0.4 is 4.90 Å². The maximum Gasteiger partial charge on any atom is 0.151 e. The molecule has 0 spiro atoms. The van der Waals surface area contributed by atoms with E-state index in [1.165, 1.54) is 12.1 Å². The van der Waals surface area contributed by atoms with E-state index in [2.05, 4.69) is 33.1 Å². The molecule has 1 aliphatic heterocycles. The van der Waals surface area contributed by atoms with Crippen molar-refractivity contribution in [2.75, 3.05) is 18.0 Å². The second kappa shape index (κ2) is 8.06. The SMILES string of the molecule is CCc1cc(N2CCC(O)CC2)nnc1Cn1ccnc1-c1cccc(F)c1. The molecule has 1 aromatic carbocycles. The standard InChI is InChI=1S/C21H24FN5O/c1-2-15-13-20(26-9-6-18(28)7-10-26)25-24-19(15)14-27-11-8-23-21(27)16-4-3-5-17(22)12-16/h3-5,8,11-13,18,28H,2,6-7,9-10,14H2,1H3. The average molecular weight is 381 g/mol. The summed E-state index contributed by atoms with van der Waals surface area (Å²) in [4.78, 5) is 6.57. The quantitative estimate of drug-likeness (QED) is 0.736. The minimum absolute atomic E-state index is 0.211. The Hall–Kier alpha value is -2.80. The zero-order chi connectivity index (χ0) is 19.5. The molecule has 3 aromatic rings. The number of anilines is 1. The highest BCUT2D eigenvalue weighted by molar-refractivity contribution is 5.55. The largest absolute Gasteiger partial charge is 0.393 e. The van der Waals surface area contributed by atoms with Crippen LogP contribution in [0.4, 0.5) is 10.2 Å². The molecule has 0 amide bonds. The molecule has 28 heavy (non-hydrogen) atoms. The van der Waals surface area contributed by atoms with Crippen molar-refractivity contribution in [1.82, 2.24) is 19.7 Å². The number of aliphatic hydroxyl groups is 1. The number of aromatic nitrogens is 4. The summed E-state index contributed by atoms with van der Waals surface area (Å²) in [6, 6.07) is 8.54. The van der Waals surface area contributed by atoms with Gasteiger partial charge in [0.2, 0.25) is 0 Å². The number of benzene rings is 1. The Bertz CT molecular complexity index is 949. The summed E-state index contributed by atoms with van der Waals surface area (Å²) < 4.78 is 15.6. The molecule has 1 saturated heterocycles. The van der Waals surface area contributed by atoms with Gasteiger partial charge in [-0.15, -0.1) is 5.10 Å². The molecular weight excluding hydrogens is 357 g/mol. The fraction of sp³-hybridized carbons (Fsp3) is 0.381. The summed E-state index contributed by atoms with van der Waals surface area (Å²) in [5.74, 6) is 1.29. The van der Waals surface area contributed by atoms with Crippen LogP contribution in [0.2, 0.25) is 0 Å². The van der Waals surface area contributed by atoms with Gasteiger partial charge >= 0.3 is 0 Å². The maximum absolute atomic E-state index is 13.6. The van der Waals surface area contributed by atoms with Crippen molar-refractivity contribution in [2.24, 2.45) is 0 Å². The lowest BCUT2D eigenvalue weighted by molar-refractivity contribution is 0.145. The molecule has 4 rings (SSSR count). The lowest BCUT2D eigenvalue weighted by atomic mass is 10.1. The molecule has 3 heterocycles. The first-order valence-electron chi connectivity index (χ1n) is 9.69. The van der Waals surface area contributed by atoms with Gasteiger partial charge in [0.15, 0.2) is 5.82 Å². The molecule has 1 aliphatic rings. The van der Waals surface area contributed by atoms with Crippen LogP contribution in [-0.4, -0.2) is 44.0 Å². The van der Waals surface area contributed by atoms with Gasteiger partial charge in [-0.05, 0) is 43.0 Å². The van der Waals surface area contributed by atoms with Gasteiger partial charge in [-0.25, -0.2) is 9.37 Å². The van der Waals surface area contributed by atoms with Gasteiger partial charge in [0.1, 0.15) is 11.6 Å². The third-order valence-corrected chi connectivity index (χ3v) is 5.23. The monoisotopic (exact) mass is 381 g/mol. The highest BCUT2D eigenvalue weighted by Crippen LogP contribution is 2.23. The number of piperidine rings is 1. The van der Waals surface area contributed by atoms with Crippen LogP contribution in [0.3, 0.4) is 0 Å². The lowest BCUT2D eigenvalue weighted by Gasteiger charge is -2.30. The Kier molecular flexibility index (Phi) is 5.34. The number of rotatable bonds is 5. The third-order valence-electron chi connectivity index (χ3n) is 5.23. The minimum Gasteiger partial charge on any atom is -0.393 e. The second-order valence-corrected chi connectivity index (χ2v) is 7.14. The molecule has 1 N–H and O–H groups in total. The van der Waals surface area contributed by atoms with E-state index in [0.717, 1.165) is 55.0 Å². The lowest BCUT2D eigenvalue weighted by Crippen LogP contribution is -2.36. The van der Waals surface area contributed by atoms with Gasteiger partial charge in [-0.3, -0.25) is 0 Å². The van der Waals surface area contributed by atoms with E-state index in [9.17, 15) is 9.50 Å². The summed E-state index contributed by atoms with van der Waals surface area (Å²) in [5, 5.41) is 18.6. The van der Waals surface area contributed by atoms with Gasteiger partial charge in [0.25, 0.3) is 0 Å². The highest BCUT2D eigenvalue weighted by Gasteiger charge is 2.20. The number of aryl methyl sites for hydroxylation is 1. The number of aliphatic hydroxyl groups excluding tert-OH is 1. The summed E-state index contributed by atoms with van der Waals surface area (Å²) in [6.45, 7) is 4.22. The van der Waals surface area contributed by atoms with Crippen LogP contribution in [0.5, 0.6) is 0 Å². The van der Waals surface area contributed by atoms with E-state index in [4.69, 9.17) is 0 Å². The molecule has 1 fully saturated rings. The molecule has 0 aliphatic carbocycles. The number of imidazole rings is 1. The topological polar surface area (TPSA) is 67.1 Å². The van der Waals surface area contributed by atoms with Crippen LogP contribution in [0.1, 0.15) is 31.0 Å². The van der Waals surface area contributed by atoms with E-state index < -0.39 is 0 Å². The molecule has 7 heteroatoms. The van der Waals surface area contributed by atoms with E-state index in [1.807, 2.05) is 16.8 Å². The normalized spacial score (nSPS) is 15.2. The van der Waals surface area contributed by atoms with Gasteiger partial charge in [0, 0.05) is 31.0 Å². The van der Waals surface area contributed by atoms with Crippen LogP contribution in [0.25, 0.3) is 11.4 Å². The van der Waals surface area contributed by atoms with E-state index >= 15 is 0 Å². The average Bonchev–Trinajstić information content (AvgIpc) is 3.17. The van der Waals surface area contributed by atoms with Crippen molar-refractivity contribution in [1.29, 1.82) is 0 Å². The molecule has 0 unspecified atom stereocenters. The van der Waals surface area contributed by atoms with Crippen LogP contribution in [0.15, 0.2) is 42.7 Å². The van der Waals surface area contributed by atoms with Crippen molar-refractivity contribution in [2.45, 2.75) is 38.8 Å². The number of halogens is 1. The van der Waals surface area contributed by atoms with E-state index in [0.29, 0.717) is 12.4 Å². The summed E-state index contributed by atoms with van der Waals surface area (Å²) >= 11 is 0. The smallest absolute Gasteiger partial charge is 0.151 e. The molecular formula is C21H24FN5O. The molecule has 0 bridgehead atoms. The predicted octanol–water partition coefficient (Wildman–Crippen LogP) is 3.05. The van der Waals surface area contributed by atoms with Crippen molar-refractivity contribution >= 4 is 5.82 Å². The second-order valence-electron chi connectivity index (χ2n) is 7.14. The zero-order valence-electron chi connectivity index (χ0n) is 15.9. The molecule has 0 atom stereocenters. The predicted molar refractivity (Wildman–Crippen MR) is 106 cm³/mol. The Morgan fingerprint density at radius 3 is 2.75 bits per heavy atom. The van der Waals surface area contributed by atoms with E-state index in [-0.39, 0.29) is 11.9 Å². The van der Waals surface area contributed by atoms with Gasteiger partial charge in [-0.1, -0.05) is 19.1 Å². The van der Waals surface area contributed by atoms with Gasteiger partial charge < -0.3 is 14.6 Å². The molecule has 0 radical (unpaired) electrons. The summed E-state index contributed by atoms with van der Waals surface area (Å²) in [5.41, 5.74) is 2.76. The Morgan fingerprint density at radius 2 is 2.00 bits per heavy atom. The zero-order valence-corrected chi connectivity index (χ0v) is 15.9. The van der Waals surface area contributed by atoms with E-state index in [1.54, 1.807) is 12.3 Å². The van der Waals surface area contributed by atoms with Crippen molar-refractivity contribution in [3.63, 3.8) is 0 Å². The number of hydrogen-bond acceptors (Lipinski definition) is 5.